The maximum atomic E-state index is 13.1. The van der Waals surface area contributed by atoms with E-state index in [9.17, 15) is 9.59 Å². The molecule has 0 saturated heterocycles. The second kappa shape index (κ2) is 9.27. The molecule has 1 aliphatic carbocycles. The molecule has 1 heterocycles. The maximum Gasteiger partial charge on any atom is 0.316 e. The van der Waals surface area contributed by atoms with Crippen molar-refractivity contribution in [2.75, 3.05) is 6.61 Å². The molecule has 0 N–H and O–H groups in total. The van der Waals surface area contributed by atoms with Crippen LogP contribution < -0.4 is 0 Å². The van der Waals surface area contributed by atoms with Crippen LogP contribution in [-0.4, -0.2) is 23.3 Å². The van der Waals surface area contributed by atoms with Gasteiger partial charge in [0.25, 0.3) is 0 Å². The zero-order valence-corrected chi connectivity index (χ0v) is 16.8. The fraction of sp³-hybridized carbons (Fsp3) is 0.500. The molecule has 2 aromatic rings. The third-order valence-corrected chi connectivity index (χ3v) is 6.35. The van der Waals surface area contributed by atoms with Crippen LogP contribution in [0.4, 0.5) is 0 Å². The van der Waals surface area contributed by atoms with Gasteiger partial charge in [-0.1, -0.05) is 30.3 Å². The number of rotatable bonds is 7. The average Bonchev–Trinajstić information content (AvgIpc) is 3.11. The van der Waals surface area contributed by atoms with Gasteiger partial charge in [-0.3, -0.25) is 9.59 Å². The molecule has 1 aromatic carbocycles. The minimum absolute atomic E-state index is 0.0350. The zero-order chi connectivity index (χ0) is 19.2. The lowest BCUT2D eigenvalue weighted by molar-refractivity contribution is -0.152. The normalized spacial score (nSPS) is 20.8. The Morgan fingerprint density at radius 2 is 1.89 bits per heavy atom. The van der Waals surface area contributed by atoms with Crippen molar-refractivity contribution < 1.29 is 14.3 Å². The number of nitrogens with zero attached hydrogens (tertiary/aromatic N) is 1. The summed E-state index contributed by atoms with van der Waals surface area (Å²) in [5.74, 6) is -0.638. The molecule has 0 amide bonds. The Labute approximate surface area is 165 Å². The fourth-order valence-corrected chi connectivity index (χ4v) is 4.75. The van der Waals surface area contributed by atoms with Crippen LogP contribution in [0, 0.1) is 18.8 Å². The highest BCUT2D eigenvalue weighted by atomic mass is 32.1. The summed E-state index contributed by atoms with van der Waals surface area (Å²) in [5, 5.41) is 2.78. The summed E-state index contributed by atoms with van der Waals surface area (Å²) in [5.41, 5.74) is 2.28. The highest BCUT2D eigenvalue weighted by molar-refractivity contribution is 7.09. The van der Waals surface area contributed by atoms with Crippen molar-refractivity contribution >= 4 is 23.1 Å². The van der Waals surface area contributed by atoms with E-state index in [0.717, 1.165) is 36.4 Å². The van der Waals surface area contributed by atoms with Crippen LogP contribution in [0.5, 0.6) is 0 Å². The van der Waals surface area contributed by atoms with E-state index >= 15 is 0 Å². The molecule has 4 nitrogen and oxygen atoms in total. The van der Waals surface area contributed by atoms with Crippen molar-refractivity contribution in [1.29, 1.82) is 0 Å². The summed E-state index contributed by atoms with van der Waals surface area (Å²) in [4.78, 5) is 30.0. The predicted octanol–water partition coefficient (Wildman–Crippen LogP) is 4.72. The molecule has 1 aromatic heterocycles. The Kier molecular flexibility index (Phi) is 6.78. The quantitative estimate of drug-likeness (QED) is 0.511. The molecule has 27 heavy (non-hydrogen) atoms. The number of esters is 1. The van der Waals surface area contributed by atoms with E-state index < -0.39 is 11.9 Å². The number of benzene rings is 1. The average molecular weight is 386 g/mol. The van der Waals surface area contributed by atoms with E-state index in [4.69, 9.17) is 4.74 Å². The lowest BCUT2D eigenvalue weighted by Crippen LogP contribution is -2.34. The second-order valence-corrected chi connectivity index (χ2v) is 8.20. The van der Waals surface area contributed by atoms with Crippen molar-refractivity contribution in [2.24, 2.45) is 11.8 Å². The molecule has 1 atom stereocenters. The second-order valence-electron chi connectivity index (χ2n) is 7.25. The van der Waals surface area contributed by atoms with Gasteiger partial charge in [0.2, 0.25) is 0 Å². The van der Waals surface area contributed by atoms with Gasteiger partial charge in [-0.25, -0.2) is 4.98 Å². The van der Waals surface area contributed by atoms with Gasteiger partial charge < -0.3 is 4.74 Å². The van der Waals surface area contributed by atoms with Crippen molar-refractivity contribution in [3.8, 4) is 0 Å². The van der Waals surface area contributed by atoms with Gasteiger partial charge in [-0.2, -0.15) is 0 Å². The Morgan fingerprint density at radius 3 is 2.48 bits per heavy atom. The lowest BCUT2D eigenvalue weighted by atomic mass is 9.74. The first-order valence-corrected chi connectivity index (χ1v) is 10.6. The van der Waals surface area contributed by atoms with Gasteiger partial charge >= 0.3 is 5.97 Å². The summed E-state index contributed by atoms with van der Waals surface area (Å²) in [6, 6.07) is 10.5. The van der Waals surface area contributed by atoms with Crippen LogP contribution in [0.2, 0.25) is 0 Å². The topological polar surface area (TPSA) is 56.3 Å². The van der Waals surface area contributed by atoms with E-state index in [1.54, 1.807) is 6.92 Å². The zero-order valence-electron chi connectivity index (χ0n) is 16.0. The lowest BCUT2D eigenvalue weighted by Gasteiger charge is -2.29. The number of hydrogen-bond acceptors (Lipinski definition) is 5. The number of aryl methyl sites for hydroxylation is 1. The smallest absolute Gasteiger partial charge is 0.316 e. The van der Waals surface area contributed by atoms with Crippen molar-refractivity contribution in [3.63, 3.8) is 0 Å². The largest absolute Gasteiger partial charge is 0.465 e. The molecule has 0 radical (unpaired) electrons. The Balaban J connectivity index is 1.66. The third-order valence-electron chi connectivity index (χ3n) is 5.36. The summed E-state index contributed by atoms with van der Waals surface area (Å²) in [7, 11) is 0. The van der Waals surface area contributed by atoms with Crippen LogP contribution in [0.15, 0.2) is 35.7 Å². The number of Topliss-reactive ketones (excluding diaryl/α,β-unsaturated/α-hetero) is 1. The molecule has 3 rings (SSSR count). The Bertz CT molecular complexity index is 763. The number of carbonyl (C=O) groups excluding carboxylic acids is 2. The SMILES string of the molecule is CCOC(=O)C(Cc1nc(C)cs1)C(=O)[C@H]1CC[C@H](c2ccccc2)CC1. The van der Waals surface area contributed by atoms with Crippen LogP contribution in [0.1, 0.15) is 54.8 Å². The van der Waals surface area contributed by atoms with Crippen molar-refractivity contribution in [1.82, 2.24) is 4.98 Å². The van der Waals surface area contributed by atoms with Crippen molar-refractivity contribution in [3.05, 3.63) is 52.0 Å². The van der Waals surface area contributed by atoms with E-state index in [2.05, 4.69) is 29.2 Å². The van der Waals surface area contributed by atoms with Gasteiger partial charge in [-0.05, 0) is 51.0 Å². The maximum absolute atomic E-state index is 13.1. The Morgan fingerprint density at radius 1 is 1.19 bits per heavy atom. The summed E-state index contributed by atoms with van der Waals surface area (Å²) in [6.07, 6.45) is 4.02. The Hall–Kier alpha value is -2.01. The summed E-state index contributed by atoms with van der Waals surface area (Å²) >= 11 is 1.50. The van der Waals surface area contributed by atoms with E-state index in [0.29, 0.717) is 18.9 Å². The molecule has 5 heteroatoms. The number of aromatic nitrogens is 1. The number of ketones is 1. The molecule has 0 spiro atoms. The molecule has 1 unspecified atom stereocenters. The molecule has 1 aliphatic rings. The number of carbonyl (C=O) groups is 2. The molecular weight excluding hydrogens is 358 g/mol. The van der Waals surface area contributed by atoms with E-state index in [-0.39, 0.29) is 11.7 Å². The monoisotopic (exact) mass is 385 g/mol. The molecule has 0 aliphatic heterocycles. The van der Waals surface area contributed by atoms with Crippen LogP contribution in [0.25, 0.3) is 0 Å². The van der Waals surface area contributed by atoms with Crippen LogP contribution >= 0.6 is 11.3 Å². The van der Waals surface area contributed by atoms with Gasteiger partial charge in [0.15, 0.2) is 5.78 Å². The van der Waals surface area contributed by atoms with Crippen molar-refractivity contribution in [2.45, 2.75) is 51.9 Å². The minimum atomic E-state index is -0.728. The molecular formula is C22H27NO3S. The van der Waals surface area contributed by atoms with Gasteiger partial charge in [0, 0.05) is 23.4 Å². The summed E-state index contributed by atoms with van der Waals surface area (Å²) < 4.78 is 5.20. The van der Waals surface area contributed by atoms with Crippen LogP contribution in [0.3, 0.4) is 0 Å². The predicted molar refractivity (Wildman–Crippen MR) is 107 cm³/mol. The number of thiazole rings is 1. The van der Waals surface area contributed by atoms with E-state index in [1.807, 2.05) is 18.4 Å². The first-order valence-electron chi connectivity index (χ1n) is 9.74. The molecule has 0 bridgehead atoms. The molecule has 1 fully saturated rings. The molecule has 144 valence electrons. The highest BCUT2D eigenvalue weighted by Crippen LogP contribution is 2.37. The summed E-state index contributed by atoms with van der Waals surface area (Å²) in [6.45, 7) is 3.99. The third kappa shape index (κ3) is 5.04. The standard InChI is InChI=1S/C22H27NO3S/c1-3-26-22(25)19(13-20-23-15(2)14-27-20)21(24)18-11-9-17(10-12-18)16-7-5-4-6-8-16/h4-8,14,17-19H,3,9-13H2,1-2H3/t17-,18-,19?. The van der Waals surface area contributed by atoms with E-state index in [1.165, 1.54) is 16.9 Å². The minimum Gasteiger partial charge on any atom is -0.465 e. The number of hydrogen-bond donors (Lipinski definition) is 0. The van der Waals surface area contributed by atoms with Gasteiger partial charge in [-0.15, -0.1) is 11.3 Å². The first kappa shape index (κ1) is 19.7. The van der Waals surface area contributed by atoms with Gasteiger partial charge in [0.05, 0.1) is 11.6 Å². The van der Waals surface area contributed by atoms with Crippen LogP contribution in [-0.2, 0) is 20.7 Å². The molecule has 1 saturated carbocycles. The highest BCUT2D eigenvalue weighted by Gasteiger charge is 2.36. The van der Waals surface area contributed by atoms with Gasteiger partial charge in [0.1, 0.15) is 5.92 Å². The first-order chi connectivity index (χ1) is 13.1. The fourth-order valence-electron chi connectivity index (χ4n) is 3.93. The number of ether oxygens (including phenoxy) is 1.